The molecule has 2 rings (SSSR count). The molecule has 1 unspecified atom stereocenters. The normalized spacial score (nSPS) is 15.3. The Labute approximate surface area is 126 Å². The van der Waals surface area contributed by atoms with Crippen LogP contribution in [0.4, 0.5) is 5.69 Å². The lowest BCUT2D eigenvalue weighted by Crippen LogP contribution is -2.44. The quantitative estimate of drug-likeness (QED) is 0.846. The number of para-hydroxylation sites is 1. The molecule has 1 aromatic rings. The zero-order valence-corrected chi connectivity index (χ0v) is 12.4. The molecule has 0 saturated carbocycles. The molecule has 0 bridgehead atoms. The smallest absolute Gasteiger partial charge is 0.308 e. The molecule has 1 aromatic carbocycles. The van der Waals surface area contributed by atoms with E-state index in [1.54, 1.807) is 6.07 Å². The number of fused-ring (bicyclic) bond motifs is 1. The second kappa shape index (κ2) is 6.62. The molecule has 1 aliphatic rings. The lowest BCUT2D eigenvalue weighted by molar-refractivity contribution is -0.141. The van der Waals surface area contributed by atoms with E-state index < -0.39 is 11.9 Å². The molecule has 112 valence electrons. The molecule has 1 aliphatic heterocycles. The molecule has 7 heteroatoms. The Morgan fingerprint density at radius 3 is 2.86 bits per heavy atom. The highest BCUT2D eigenvalue weighted by Gasteiger charge is 2.26. The Balaban J connectivity index is 2.00. The highest BCUT2D eigenvalue weighted by molar-refractivity contribution is 8.00. The maximum atomic E-state index is 12.0. The van der Waals surface area contributed by atoms with E-state index in [1.165, 1.54) is 23.6 Å². The van der Waals surface area contributed by atoms with Crippen LogP contribution in [0.3, 0.4) is 0 Å². The minimum atomic E-state index is -0.967. The maximum Gasteiger partial charge on any atom is 0.308 e. The van der Waals surface area contributed by atoms with Gasteiger partial charge in [-0.25, -0.2) is 0 Å². The van der Waals surface area contributed by atoms with Gasteiger partial charge in [0.05, 0.1) is 17.4 Å². The fraction of sp³-hybridized carbons (Fsp3) is 0.357. The van der Waals surface area contributed by atoms with Crippen LogP contribution < -0.4 is 10.2 Å². The van der Waals surface area contributed by atoms with Gasteiger partial charge in [-0.05, 0) is 12.1 Å². The Morgan fingerprint density at radius 1 is 1.43 bits per heavy atom. The number of nitrogens with one attached hydrogen (secondary N) is 1. The molecule has 0 spiro atoms. The highest BCUT2D eigenvalue weighted by Crippen LogP contribution is 2.34. The van der Waals surface area contributed by atoms with Crippen LogP contribution in [0.5, 0.6) is 0 Å². The van der Waals surface area contributed by atoms with E-state index in [4.69, 9.17) is 5.11 Å². The molecule has 2 N–H and O–H groups in total. The molecule has 0 fully saturated rings. The number of benzene rings is 1. The summed E-state index contributed by atoms with van der Waals surface area (Å²) < 4.78 is 0. The Bertz CT molecular complexity index is 576. The molecular formula is C14H16N2O4S. The SMILES string of the molecule is CC(CNC(=O)CN1C(=O)CSc2ccccc21)C(=O)O. The number of nitrogens with zero attached hydrogens (tertiary/aromatic N) is 1. The summed E-state index contributed by atoms with van der Waals surface area (Å²) in [7, 11) is 0. The summed E-state index contributed by atoms with van der Waals surface area (Å²) in [6.45, 7) is 1.47. The number of amides is 2. The largest absolute Gasteiger partial charge is 0.481 e. The standard InChI is InChI=1S/C14H16N2O4S/c1-9(14(19)20)6-15-12(17)7-16-10-4-2-3-5-11(10)21-8-13(16)18/h2-5,9H,6-8H2,1H3,(H,15,17)(H,19,20). The molecule has 6 nitrogen and oxygen atoms in total. The van der Waals surface area contributed by atoms with Gasteiger partial charge in [0.1, 0.15) is 6.54 Å². The third kappa shape index (κ3) is 3.75. The average Bonchev–Trinajstić information content (AvgIpc) is 2.47. The van der Waals surface area contributed by atoms with Crippen LogP contribution in [-0.4, -0.2) is 41.7 Å². The number of aliphatic carboxylic acids is 1. The summed E-state index contributed by atoms with van der Waals surface area (Å²) in [5.74, 6) is -1.81. The van der Waals surface area contributed by atoms with Crippen LogP contribution in [0, 0.1) is 5.92 Å². The number of thioether (sulfide) groups is 1. The number of carboxylic acid groups (broad SMARTS) is 1. The van der Waals surface area contributed by atoms with Crippen molar-refractivity contribution < 1.29 is 19.5 Å². The first-order chi connectivity index (χ1) is 9.99. The first-order valence-corrected chi connectivity index (χ1v) is 7.49. The van der Waals surface area contributed by atoms with E-state index in [9.17, 15) is 14.4 Å². The molecule has 0 aliphatic carbocycles. The van der Waals surface area contributed by atoms with Crippen LogP contribution >= 0.6 is 11.8 Å². The Hall–Kier alpha value is -2.02. The number of anilines is 1. The zero-order valence-electron chi connectivity index (χ0n) is 11.5. The number of hydrogen-bond donors (Lipinski definition) is 2. The summed E-state index contributed by atoms with van der Waals surface area (Å²) in [5, 5.41) is 11.3. The summed E-state index contributed by atoms with van der Waals surface area (Å²) in [6.07, 6.45) is 0. The van der Waals surface area contributed by atoms with Gasteiger partial charge in [0.2, 0.25) is 11.8 Å². The van der Waals surface area contributed by atoms with E-state index in [2.05, 4.69) is 5.32 Å². The van der Waals surface area contributed by atoms with Gasteiger partial charge in [-0.2, -0.15) is 0 Å². The van der Waals surface area contributed by atoms with Crippen LogP contribution in [0.2, 0.25) is 0 Å². The van der Waals surface area contributed by atoms with E-state index >= 15 is 0 Å². The van der Waals surface area contributed by atoms with Crippen molar-refractivity contribution in [3.8, 4) is 0 Å². The lowest BCUT2D eigenvalue weighted by Gasteiger charge is -2.28. The fourth-order valence-corrected chi connectivity index (χ4v) is 2.82. The van der Waals surface area contributed by atoms with Gasteiger partial charge >= 0.3 is 5.97 Å². The van der Waals surface area contributed by atoms with Crippen molar-refractivity contribution in [1.82, 2.24) is 5.32 Å². The molecule has 1 heterocycles. The van der Waals surface area contributed by atoms with Crippen molar-refractivity contribution >= 4 is 35.2 Å². The summed E-state index contributed by atoms with van der Waals surface area (Å²) in [4.78, 5) is 37.0. The van der Waals surface area contributed by atoms with Crippen molar-refractivity contribution in [3.63, 3.8) is 0 Å². The molecule has 0 radical (unpaired) electrons. The first-order valence-electron chi connectivity index (χ1n) is 6.50. The predicted molar refractivity (Wildman–Crippen MR) is 79.3 cm³/mol. The van der Waals surface area contributed by atoms with Crippen LogP contribution in [0.1, 0.15) is 6.92 Å². The van der Waals surface area contributed by atoms with Crippen LogP contribution in [-0.2, 0) is 14.4 Å². The fourth-order valence-electron chi connectivity index (χ4n) is 1.88. The zero-order chi connectivity index (χ0) is 15.4. The van der Waals surface area contributed by atoms with Gasteiger partial charge in [-0.15, -0.1) is 11.8 Å². The molecule has 1 atom stereocenters. The monoisotopic (exact) mass is 308 g/mol. The number of carbonyl (C=O) groups is 3. The van der Waals surface area contributed by atoms with Crippen molar-refractivity contribution in [2.75, 3.05) is 23.7 Å². The number of carbonyl (C=O) groups excluding carboxylic acids is 2. The van der Waals surface area contributed by atoms with Crippen molar-refractivity contribution in [2.45, 2.75) is 11.8 Å². The minimum Gasteiger partial charge on any atom is -0.481 e. The first kappa shape index (κ1) is 15.4. The molecule has 0 aromatic heterocycles. The topological polar surface area (TPSA) is 86.7 Å². The number of hydrogen-bond acceptors (Lipinski definition) is 4. The van der Waals surface area contributed by atoms with E-state index in [-0.39, 0.29) is 24.9 Å². The second-order valence-electron chi connectivity index (χ2n) is 4.78. The van der Waals surface area contributed by atoms with Crippen molar-refractivity contribution in [2.24, 2.45) is 5.92 Å². The average molecular weight is 308 g/mol. The van der Waals surface area contributed by atoms with Crippen LogP contribution in [0.25, 0.3) is 0 Å². The summed E-state index contributed by atoms with van der Waals surface area (Å²) in [5.41, 5.74) is 0.722. The third-order valence-corrected chi connectivity index (χ3v) is 4.18. The van der Waals surface area contributed by atoms with Crippen LogP contribution in [0.15, 0.2) is 29.2 Å². The van der Waals surface area contributed by atoms with E-state index in [0.29, 0.717) is 5.75 Å². The maximum absolute atomic E-state index is 12.0. The van der Waals surface area contributed by atoms with Gasteiger partial charge < -0.3 is 15.3 Å². The summed E-state index contributed by atoms with van der Waals surface area (Å²) in [6, 6.07) is 7.40. The lowest BCUT2D eigenvalue weighted by atomic mass is 10.2. The third-order valence-electron chi connectivity index (χ3n) is 3.14. The Kier molecular flexibility index (Phi) is 4.85. The number of carboxylic acids is 1. The van der Waals surface area contributed by atoms with Gasteiger partial charge in [-0.3, -0.25) is 14.4 Å². The van der Waals surface area contributed by atoms with Crippen molar-refractivity contribution in [3.05, 3.63) is 24.3 Å². The van der Waals surface area contributed by atoms with Gasteiger partial charge in [0.25, 0.3) is 0 Å². The summed E-state index contributed by atoms with van der Waals surface area (Å²) >= 11 is 1.45. The van der Waals surface area contributed by atoms with Crippen molar-refractivity contribution in [1.29, 1.82) is 0 Å². The predicted octanol–water partition coefficient (Wildman–Crippen LogP) is 0.962. The van der Waals surface area contributed by atoms with Gasteiger partial charge in [0, 0.05) is 11.4 Å². The second-order valence-corrected chi connectivity index (χ2v) is 5.80. The van der Waals surface area contributed by atoms with E-state index in [0.717, 1.165) is 10.6 Å². The molecule has 21 heavy (non-hydrogen) atoms. The molecule has 2 amide bonds. The molecular weight excluding hydrogens is 292 g/mol. The highest BCUT2D eigenvalue weighted by atomic mass is 32.2. The van der Waals surface area contributed by atoms with Gasteiger partial charge in [0.15, 0.2) is 0 Å². The van der Waals surface area contributed by atoms with E-state index in [1.807, 2.05) is 18.2 Å². The van der Waals surface area contributed by atoms with Gasteiger partial charge in [-0.1, -0.05) is 19.1 Å². The molecule has 0 saturated heterocycles. The Morgan fingerprint density at radius 2 is 2.14 bits per heavy atom. The number of rotatable bonds is 5. The minimum absolute atomic E-state index is 0.0482.